The summed E-state index contributed by atoms with van der Waals surface area (Å²) in [7, 11) is 0. The third-order valence-corrected chi connectivity index (χ3v) is 3.39. The predicted octanol–water partition coefficient (Wildman–Crippen LogP) is 0.981. The fraction of sp³-hybridized carbons (Fsp3) is 0.571. The van der Waals surface area contributed by atoms with Crippen LogP contribution in [-0.2, 0) is 6.54 Å². The number of benzene rings is 1. The molecule has 0 saturated heterocycles. The Balaban J connectivity index is 1.96. The van der Waals surface area contributed by atoms with Gasteiger partial charge in [-0.15, -0.1) is 0 Å². The molecule has 2 rings (SSSR count). The van der Waals surface area contributed by atoms with Gasteiger partial charge in [0.15, 0.2) is 0 Å². The van der Waals surface area contributed by atoms with Gasteiger partial charge in [-0.25, -0.2) is 0 Å². The Labute approximate surface area is 108 Å². The average molecular weight is 250 g/mol. The van der Waals surface area contributed by atoms with Crippen LogP contribution in [0.2, 0.25) is 0 Å². The van der Waals surface area contributed by atoms with Gasteiger partial charge in [0.2, 0.25) is 0 Å². The van der Waals surface area contributed by atoms with E-state index in [1.165, 1.54) is 5.56 Å². The van der Waals surface area contributed by atoms with E-state index < -0.39 is 5.54 Å². The second kappa shape index (κ2) is 5.69. The Kier molecular flexibility index (Phi) is 4.22. The lowest BCUT2D eigenvalue weighted by molar-refractivity contribution is 0.165. The zero-order valence-corrected chi connectivity index (χ0v) is 10.9. The molecule has 1 aliphatic rings. The maximum atomic E-state index is 9.17. The van der Waals surface area contributed by atoms with Gasteiger partial charge in [-0.05, 0) is 19.4 Å². The van der Waals surface area contributed by atoms with Crippen molar-refractivity contribution in [2.75, 3.05) is 26.3 Å². The number of rotatable bonds is 4. The van der Waals surface area contributed by atoms with Crippen LogP contribution in [0.1, 0.15) is 18.9 Å². The number of nitrogens with zero attached hydrogens (tertiary/aromatic N) is 1. The quantitative estimate of drug-likeness (QED) is 0.836. The van der Waals surface area contributed by atoms with Gasteiger partial charge in [0.05, 0.1) is 6.61 Å². The van der Waals surface area contributed by atoms with Crippen molar-refractivity contribution in [3.63, 3.8) is 0 Å². The Bertz CT molecular complexity index is 393. The highest BCUT2D eigenvalue weighted by Crippen LogP contribution is 2.22. The molecule has 0 bridgehead atoms. The number of aliphatic hydroxyl groups excluding tert-OH is 1. The van der Waals surface area contributed by atoms with Crippen molar-refractivity contribution < 1.29 is 9.84 Å². The number of nitrogens with two attached hydrogens (primary N) is 1. The number of aliphatic hydroxyl groups is 1. The zero-order chi connectivity index (χ0) is 13.0. The average Bonchev–Trinajstić information content (AvgIpc) is 2.58. The van der Waals surface area contributed by atoms with Crippen LogP contribution in [-0.4, -0.2) is 41.8 Å². The summed E-state index contributed by atoms with van der Waals surface area (Å²) in [4.78, 5) is 2.33. The number of para-hydroxylation sites is 1. The van der Waals surface area contributed by atoms with E-state index in [2.05, 4.69) is 11.0 Å². The maximum Gasteiger partial charge on any atom is 0.123 e. The first-order chi connectivity index (χ1) is 8.61. The van der Waals surface area contributed by atoms with Crippen LogP contribution >= 0.6 is 0 Å². The monoisotopic (exact) mass is 250 g/mol. The zero-order valence-electron chi connectivity index (χ0n) is 10.9. The molecule has 0 radical (unpaired) electrons. The summed E-state index contributed by atoms with van der Waals surface area (Å²) in [6.07, 6.45) is 0.783. The van der Waals surface area contributed by atoms with E-state index in [1.807, 2.05) is 25.1 Å². The molecule has 4 nitrogen and oxygen atoms in total. The molecule has 0 saturated carbocycles. The van der Waals surface area contributed by atoms with Crippen molar-refractivity contribution in [3.05, 3.63) is 29.8 Å². The number of hydrogen-bond donors (Lipinski definition) is 2. The lowest BCUT2D eigenvalue weighted by Gasteiger charge is -2.26. The summed E-state index contributed by atoms with van der Waals surface area (Å²) >= 11 is 0. The van der Waals surface area contributed by atoms with Crippen molar-refractivity contribution in [1.82, 2.24) is 4.90 Å². The highest BCUT2D eigenvalue weighted by Gasteiger charge is 2.20. The van der Waals surface area contributed by atoms with E-state index in [0.717, 1.165) is 31.8 Å². The van der Waals surface area contributed by atoms with E-state index in [9.17, 15) is 0 Å². The molecule has 1 atom stereocenters. The smallest absolute Gasteiger partial charge is 0.123 e. The van der Waals surface area contributed by atoms with E-state index >= 15 is 0 Å². The lowest BCUT2D eigenvalue weighted by Crippen LogP contribution is -2.43. The number of fused-ring (bicyclic) bond motifs is 1. The molecule has 1 unspecified atom stereocenters. The molecule has 100 valence electrons. The molecular formula is C14H22N2O2. The van der Waals surface area contributed by atoms with Gasteiger partial charge in [-0.3, -0.25) is 4.90 Å². The van der Waals surface area contributed by atoms with E-state index in [4.69, 9.17) is 15.6 Å². The van der Waals surface area contributed by atoms with Crippen molar-refractivity contribution in [2.24, 2.45) is 5.73 Å². The van der Waals surface area contributed by atoms with E-state index in [1.54, 1.807) is 0 Å². The molecule has 1 aromatic rings. The first kappa shape index (κ1) is 13.3. The Hall–Kier alpha value is -1.10. The third-order valence-electron chi connectivity index (χ3n) is 3.39. The maximum absolute atomic E-state index is 9.17. The second-order valence-corrected chi connectivity index (χ2v) is 5.29. The molecule has 0 spiro atoms. The molecule has 1 aromatic carbocycles. The van der Waals surface area contributed by atoms with E-state index in [-0.39, 0.29) is 6.61 Å². The summed E-state index contributed by atoms with van der Waals surface area (Å²) in [6.45, 7) is 5.28. The first-order valence-corrected chi connectivity index (χ1v) is 6.43. The van der Waals surface area contributed by atoms with Crippen LogP contribution in [0, 0.1) is 0 Å². The van der Waals surface area contributed by atoms with Gasteiger partial charge in [0, 0.05) is 30.7 Å². The summed E-state index contributed by atoms with van der Waals surface area (Å²) < 4.78 is 5.71. The topological polar surface area (TPSA) is 58.7 Å². The van der Waals surface area contributed by atoms with Crippen LogP contribution in [0.15, 0.2) is 24.3 Å². The van der Waals surface area contributed by atoms with Crippen LogP contribution in [0.5, 0.6) is 5.75 Å². The molecule has 0 amide bonds. The van der Waals surface area contributed by atoms with Crippen molar-refractivity contribution in [2.45, 2.75) is 25.4 Å². The Morgan fingerprint density at radius 3 is 3.00 bits per heavy atom. The highest BCUT2D eigenvalue weighted by molar-refractivity contribution is 5.33. The lowest BCUT2D eigenvalue weighted by atomic mass is 10.0. The minimum Gasteiger partial charge on any atom is -0.492 e. The van der Waals surface area contributed by atoms with Crippen LogP contribution in [0.4, 0.5) is 0 Å². The minimum atomic E-state index is -0.493. The molecule has 18 heavy (non-hydrogen) atoms. The molecule has 1 heterocycles. The van der Waals surface area contributed by atoms with Crippen LogP contribution < -0.4 is 10.5 Å². The molecule has 4 heteroatoms. The fourth-order valence-electron chi connectivity index (χ4n) is 2.06. The molecular weight excluding hydrogens is 228 g/mol. The Morgan fingerprint density at radius 1 is 1.44 bits per heavy atom. The number of ether oxygens (including phenoxy) is 1. The van der Waals surface area contributed by atoms with Gasteiger partial charge in [0.1, 0.15) is 12.4 Å². The van der Waals surface area contributed by atoms with Crippen molar-refractivity contribution in [3.8, 4) is 5.75 Å². The number of hydrogen-bond acceptors (Lipinski definition) is 4. The molecule has 3 N–H and O–H groups in total. The van der Waals surface area contributed by atoms with Gasteiger partial charge in [-0.1, -0.05) is 18.2 Å². The minimum absolute atomic E-state index is 0.0218. The highest BCUT2D eigenvalue weighted by atomic mass is 16.5. The molecule has 1 aliphatic heterocycles. The van der Waals surface area contributed by atoms with Gasteiger partial charge < -0.3 is 15.6 Å². The SMILES string of the molecule is CC(N)(CO)CCN1CCOc2ccccc2C1. The summed E-state index contributed by atoms with van der Waals surface area (Å²) in [6, 6.07) is 8.14. The van der Waals surface area contributed by atoms with E-state index in [0.29, 0.717) is 6.61 Å². The predicted molar refractivity (Wildman–Crippen MR) is 71.5 cm³/mol. The van der Waals surface area contributed by atoms with Crippen LogP contribution in [0.25, 0.3) is 0 Å². The standard InChI is InChI=1S/C14H22N2O2/c1-14(15,11-17)6-7-16-8-9-18-13-5-3-2-4-12(13)10-16/h2-5,17H,6-11,15H2,1H3. The normalized spacial score (nSPS) is 19.5. The summed E-state index contributed by atoms with van der Waals surface area (Å²) in [5, 5.41) is 9.17. The largest absolute Gasteiger partial charge is 0.492 e. The van der Waals surface area contributed by atoms with Gasteiger partial charge in [0.25, 0.3) is 0 Å². The molecule has 0 aromatic heterocycles. The first-order valence-electron chi connectivity index (χ1n) is 6.43. The van der Waals surface area contributed by atoms with Crippen molar-refractivity contribution >= 4 is 0 Å². The summed E-state index contributed by atoms with van der Waals surface area (Å²) in [5.41, 5.74) is 6.69. The molecule has 0 fully saturated rings. The second-order valence-electron chi connectivity index (χ2n) is 5.29. The Morgan fingerprint density at radius 2 is 2.22 bits per heavy atom. The van der Waals surface area contributed by atoms with Gasteiger partial charge >= 0.3 is 0 Å². The third kappa shape index (κ3) is 3.45. The fourth-order valence-corrected chi connectivity index (χ4v) is 2.06. The van der Waals surface area contributed by atoms with Gasteiger partial charge in [-0.2, -0.15) is 0 Å². The molecule has 0 aliphatic carbocycles. The van der Waals surface area contributed by atoms with Crippen LogP contribution in [0.3, 0.4) is 0 Å². The summed E-state index contributed by atoms with van der Waals surface area (Å²) in [5.74, 6) is 0.984. The van der Waals surface area contributed by atoms with Crippen molar-refractivity contribution in [1.29, 1.82) is 0 Å².